The second-order valence-corrected chi connectivity index (χ2v) is 5.35. The number of carbonyl (C=O) groups excluding carboxylic acids is 1. The standard InChI is InChI=1S/C14H21N3O/c1-14(8-9-15-10-14)13(18)16-11-6-4-5-7-12(11)17(2)3/h4-7,15H,8-10H2,1-3H3,(H,16,18). The summed E-state index contributed by atoms with van der Waals surface area (Å²) in [6, 6.07) is 7.87. The molecule has 1 fully saturated rings. The fourth-order valence-electron chi connectivity index (χ4n) is 2.25. The lowest BCUT2D eigenvalue weighted by atomic mass is 9.88. The number of carbonyl (C=O) groups is 1. The van der Waals surface area contributed by atoms with Crippen molar-refractivity contribution >= 4 is 17.3 Å². The number of anilines is 2. The Kier molecular flexibility index (Phi) is 3.57. The van der Waals surface area contributed by atoms with E-state index in [0.29, 0.717) is 0 Å². The van der Waals surface area contributed by atoms with Gasteiger partial charge in [0.05, 0.1) is 16.8 Å². The molecule has 0 aromatic heterocycles. The largest absolute Gasteiger partial charge is 0.376 e. The molecule has 1 saturated heterocycles. The molecule has 1 aromatic rings. The van der Waals surface area contributed by atoms with Crippen molar-refractivity contribution in [2.24, 2.45) is 5.41 Å². The van der Waals surface area contributed by atoms with Crippen LogP contribution in [0.2, 0.25) is 0 Å². The van der Waals surface area contributed by atoms with Gasteiger partial charge in [0.15, 0.2) is 0 Å². The summed E-state index contributed by atoms with van der Waals surface area (Å²) in [5, 5.41) is 6.30. The fraction of sp³-hybridized carbons (Fsp3) is 0.500. The van der Waals surface area contributed by atoms with Gasteiger partial charge in [-0.3, -0.25) is 4.79 Å². The van der Waals surface area contributed by atoms with Gasteiger partial charge in [-0.05, 0) is 32.0 Å². The molecule has 0 bridgehead atoms. The molecule has 1 amide bonds. The molecule has 1 atom stereocenters. The molecule has 1 aromatic carbocycles. The average molecular weight is 247 g/mol. The zero-order valence-corrected chi connectivity index (χ0v) is 11.3. The van der Waals surface area contributed by atoms with Crippen LogP contribution >= 0.6 is 0 Å². The van der Waals surface area contributed by atoms with E-state index in [-0.39, 0.29) is 11.3 Å². The van der Waals surface area contributed by atoms with Gasteiger partial charge in [-0.15, -0.1) is 0 Å². The van der Waals surface area contributed by atoms with Gasteiger partial charge in [0.2, 0.25) is 5.91 Å². The number of hydrogen-bond acceptors (Lipinski definition) is 3. The Labute approximate surface area is 108 Å². The number of amides is 1. The molecule has 0 aliphatic carbocycles. The summed E-state index contributed by atoms with van der Waals surface area (Å²) in [6.07, 6.45) is 0.892. The van der Waals surface area contributed by atoms with E-state index in [0.717, 1.165) is 30.9 Å². The fourth-order valence-corrected chi connectivity index (χ4v) is 2.25. The summed E-state index contributed by atoms with van der Waals surface area (Å²) in [4.78, 5) is 14.3. The van der Waals surface area contributed by atoms with Crippen molar-refractivity contribution in [3.05, 3.63) is 24.3 Å². The quantitative estimate of drug-likeness (QED) is 0.854. The Hall–Kier alpha value is -1.55. The van der Waals surface area contributed by atoms with Crippen molar-refractivity contribution < 1.29 is 4.79 Å². The predicted octanol–water partition coefficient (Wildman–Crippen LogP) is 1.69. The number of hydrogen-bond donors (Lipinski definition) is 2. The molecular formula is C14H21N3O. The maximum absolute atomic E-state index is 12.3. The van der Waals surface area contributed by atoms with Gasteiger partial charge in [0, 0.05) is 20.6 Å². The van der Waals surface area contributed by atoms with E-state index in [4.69, 9.17) is 0 Å². The predicted molar refractivity (Wildman–Crippen MR) is 75.0 cm³/mol. The summed E-state index contributed by atoms with van der Waals surface area (Å²) < 4.78 is 0. The molecule has 0 spiro atoms. The molecule has 0 radical (unpaired) electrons. The normalized spacial score (nSPS) is 22.8. The van der Waals surface area contributed by atoms with Crippen LogP contribution in [0.4, 0.5) is 11.4 Å². The lowest BCUT2D eigenvalue weighted by molar-refractivity contribution is -0.123. The molecular weight excluding hydrogens is 226 g/mol. The lowest BCUT2D eigenvalue weighted by Crippen LogP contribution is -2.35. The molecule has 98 valence electrons. The lowest BCUT2D eigenvalue weighted by Gasteiger charge is -2.24. The van der Waals surface area contributed by atoms with Crippen LogP contribution in [-0.4, -0.2) is 33.1 Å². The third kappa shape index (κ3) is 2.48. The Morgan fingerprint density at radius 2 is 2.11 bits per heavy atom. The first-order chi connectivity index (χ1) is 8.53. The number of benzene rings is 1. The highest BCUT2D eigenvalue weighted by Crippen LogP contribution is 2.29. The second-order valence-electron chi connectivity index (χ2n) is 5.35. The SMILES string of the molecule is CN(C)c1ccccc1NC(=O)C1(C)CCNC1. The van der Waals surface area contributed by atoms with E-state index in [1.54, 1.807) is 0 Å². The number of para-hydroxylation sites is 2. The first kappa shape index (κ1) is 12.9. The Bertz CT molecular complexity index is 436. The van der Waals surface area contributed by atoms with Crippen molar-refractivity contribution in [1.82, 2.24) is 5.32 Å². The highest BCUT2D eigenvalue weighted by Gasteiger charge is 2.36. The van der Waals surface area contributed by atoms with E-state index >= 15 is 0 Å². The number of nitrogens with one attached hydrogen (secondary N) is 2. The minimum absolute atomic E-state index is 0.0989. The third-order valence-electron chi connectivity index (χ3n) is 3.55. The van der Waals surface area contributed by atoms with E-state index in [2.05, 4.69) is 10.6 Å². The van der Waals surface area contributed by atoms with Crippen LogP contribution in [0.5, 0.6) is 0 Å². The smallest absolute Gasteiger partial charge is 0.231 e. The summed E-state index contributed by atoms with van der Waals surface area (Å²) >= 11 is 0. The van der Waals surface area contributed by atoms with Gasteiger partial charge in [0.1, 0.15) is 0 Å². The highest BCUT2D eigenvalue weighted by molar-refractivity contribution is 5.98. The van der Waals surface area contributed by atoms with Crippen molar-refractivity contribution in [2.75, 3.05) is 37.4 Å². The maximum Gasteiger partial charge on any atom is 0.231 e. The zero-order valence-electron chi connectivity index (χ0n) is 11.3. The topological polar surface area (TPSA) is 44.4 Å². The van der Waals surface area contributed by atoms with Crippen LogP contribution in [0, 0.1) is 5.41 Å². The van der Waals surface area contributed by atoms with Crippen LogP contribution in [-0.2, 0) is 4.79 Å². The molecule has 2 N–H and O–H groups in total. The summed E-state index contributed by atoms with van der Waals surface area (Å²) in [5.41, 5.74) is 1.61. The molecule has 0 saturated carbocycles. The summed E-state index contributed by atoms with van der Waals surface area (Å²) in [5.74, 6) is 0.0989. The molecule has 1 aliphatic heterocycles. The molecule has 2 rings (SSSR count). The number of rotatable bonds is 3. The summed E-state index contributed by atoms with van der Waals surface area (Å²) in [7, 11) is 3.95. The Morgan fingerprint density at radius 3 is 2.72 bits per heavy atom. The van der Waals surface area contributed by atoms with Gasteiger partial charge in [-0.25, -0.2) is 0 Å². The van der Waals surface area contributed by atoms with Crippen LogP contribution in [0.15, 0.2) is 24.3 Å². The van der Waals surface area contributed by atoms with Crippen molar-refractivity contribution in [3.8, 4) is 0 Å². The molecule has 18 heavy (non-hydrogen) atoms. The van der Waals surface area contributed by atoms with E-state index in [1.165, 1.54) is 0 Å². The average Bonchev–Trinajstić information content (AvgIpc) is 2.78. The molecule has 1 heterocycles. The van der Waals surface area contributed by atoms with Crippen LogP contribution in [0.3, 0.4) is 0 Å². The minimum Gasteiger partial charge on any atom is -0.376 e. The maximum atomic E-state index is 12.3. The van der Waals surface area contributed by atoms with Crippen LogP contribution < -0.4 is 15.5 Å². The van der Waals surface area contributed by atoms with Gasteiger partial charge in [-0.2, -0.15) is 0 Å². The van der Waals surface area contributed by atoms with Gasteiger partial charge < -0.3 is 15.5 Å². The zero-order chi connectivity index (χ0) is 13.2. The second kappa shape index (κ2) is 4.98. The molecule has 1 aliphatic rings. The molecule has 1 unspecified atom stereocenters. The van der Waals surface area contributed by atoms with Gasteiger partial charge >= 0.3 is 0 Å². The van der Waals surface area contributed by atoms with Crippen molar-refractivity contribution in [2.45, 2.75) is 13.3 Å². The van der Waals surface area contributed by atoms with Crippen molar-refractivity contribution in [1.29, 1.82) is 0 Å². The van der Waals surface area contributed by atoms with Crippen molar-refractivity contribution in [3.63, 3.8) is 0 Å². The van der Waals surface area contributed by atoms with E-state index in [1.807, 2.05) is 50.2 Å². The van der Waals surface area contributed by atoms with Gasteiger partial charge in [-0.1, -0.05) is 12.1 Å². The monoisotopic (exact) mass is 247 g/mol. The Morgan fingerprint density at radius 1 is 1.39 bits per heavy atom. The van der Waals surface area contributed by atoms with Gasteiger partial charge in [0.25, 0.3) is 0 Å². The number of nitrogens with zero attached hydrogens (tertiary/aromatic N) is 1. The molecule has 4 nitrogen and oxygen atoms in total. The minimum atomic E-state index is -0.292. The third-order valence-corrected chi connectivity index (χ3v) is 3.55. The molecule has 4 heteroatoms. The summed E-state index contributed by atoms with van der Waals surface area (Å²) in [6.45, 7) is 3.68. The van der Waals surface area contributed by atoms with Crippen LogP contribution in [0.25, 0.3) is 0 Å². The Balaban J connectivity index is 2.16. The highest BCUT2D eigenvalue weighted by atomic mass is 16.2. The van der Waals surface area contributed by atoms with Crippen LogP contribution in [0.1, 0.15) is 13.3 Å². The van der Waals surface area contributed by atoms with E-state index in [9.17, 15) is 4.79 Å². The first-order valence-corrected chi connectivity index (χ1v) is 6.31. The van der Waals surface area contributed by atoms with E-state index < -0.39 is 0 Å². The first-order valence-electron chi connectivity index (χ1n) is 6.31.